The first kappa shape index (κ1) is 16.8. The summed E-state index contributed by atoms with van der Waals surface area (Å²) in [5, 5.41) is -0.640. The number of hydrogen-bond acceptors (Lipinski definition) is 2. The van der Waals surface area contributed by atoms with Gasteiger partial charge in [0.05, 0.1) is 32.2 Å². The summed E-state index contributed by atoms with van der Waals surface area (Å²) in [6.45, 7) is 0. The quantitative estimate of drug-likeness (QED) is 0.277. The van der Waals surface area contributed by atoms with Crippen LogP contribution in [0.2, 0.25) is 25.1 Å². The molecule has 0 saturated heterocycles. The summed E-state index contributed by atoms with van der Waals surface area (Å²) in [4.78, 5) is 11.5. The van der Waals surface area contributed by atoms with E-state index in [9.17, 15) is 4.79 Å². The first-order valence-electron chi connectivity index (χ1n) is 4.14. The fourth-order valence-corrected chi connectivity index (χ4v) is 3.26. The molecule has 0 radical (unpaired) electrons. The molecule has 0 unspecified atom stereocenters. The summed E-state index contributed by atoms with van der Waals surface area (Å²) in [6.07, 6.45) is 0. The number of halogens is 7. The van der Waals surface area contributed by atoms with E-state index in [0.29, 0.717) is 0 Å². The van der Waals surface area contributed by atoms with Crippen LogP contribution in [0.1, 0.15) is 5.56 Å². The highest BCUT2D eigenvalue weighted by Crippen LogP contribution is 2.51. The van der Waals surface area contributed by atoms with Crippen molar-refractivity contribution in [3.63, 3.8) is 0 Å². The van der Waals surface area contributed by atoms with Gasteiger partial charge in [0.2, 0.25) is 4.33 Å². The molecule has 0 N–H and O–H groups in total. The van der Waals surface area contributed by atoms with Gasteiger partial charge in [0.1, 0.15) is 0 Å². The molecule has 1 rings (SSSR count). The van der Waals surface area contributed by atoms with Gasteiger partial charge in [-0.2, -0.15) is 0 Å². The van der Waals surface area contributed by atoms with Gasteiger partial charge in [0, 0.05) is 5.56 Å². The Kier molecular flexibility index (Phi) is 5.60. The normalized spacial score (nSPS) is 11.6. The lowest BCUT2D eigenvalue weighted by Gasteiger charge is -2.21. The Morgan fingerprint density at radius 2 is 1.22 bits per heavy atom. The van der Waals surface area contributed by atoms with E-state index in [0.717, 1.165) is 7.11 Å². The van der Waals surface area contributed by atoms with Gasteiger partial charge in [-0.15, -0.1) is 0 Å². The van der Waals surface area contributed by atoms with Crippen LogP contribution >= 0.6 is 81.2 Å². The van der Waals surface area contributed by atoms with E-state index >= 15 is 0 Å². The average Bonchev–Trinajstić information content (AvgIpc) is 2.32. The molecule has 0 aromatic heterocycles. The third-order valence-electron chi connectivity index (χ3n) is 1.97. The van der Waals surface area contributed by atoms with E-state index in [4.69, 9.17) is 81.2 Å². The van der Waals surface area contributed by atoms with Crippen LogP contribution in [0.5, 0.6) is 0 Å². The molecular formula is C9H3Cl7O2. The van der Waals surface area contributed by atoms with Crippen LogP contribution in [0.15, 0.2) is 0 Å². The molecular weight excluding hydrogens is 388 g/mol. The number of esters is 1. The summed E-state index contributed by atoms with van der Waals surface area (Å²) >= 11 is 41.1. The number of benzene rings is 1. The second-order valence-corrected chi connectivity index (χ2v) is 6.23. The van der Waals surface area contributed by atoms with Gasteiger partial charge < -0.3 is 4.74 Å². The molecule has 0 amide bonds. The topological polar surface area (TPSA) is 26.3 Å². The minimum Gasteiger partial charge on any atom is -0.467 e. The Morgan fingerprint density at radius 3 is 1.56 bits per heavy atom. The smallest absolute Gasteiger partial charge is 0.347 e. The van der Waals surface area contributed by atoms with Gasteiger partial charge in [0.25, 0.3) is 0 Å². The molecule has 0 fully saturated rings. The summed E-state index contributed by atoms with van der Waals surface area (Å²) in [5.74, 6) is -0.982. The number of carbonyl (C=O) groups is 1. The average molecular weight is 391 g/mol. The first-order valence-corrected chi connectivity index (χ1v) is 6.79. The van der Waals surface area contributed by atoms with Crippen LogP contribution in [0, 0.1) is 0 Å². The molecule has 1 aromatic rings. The standard InChI is InChI=1S/C9H3Cl7O2/c1-18-8(17)9(15,16)2-3(10)5(12)7(14)6(13)4(2)11/h1H3. The molecule has 0 heterocycles. The first-order chi connectivity index (χ1) is 8.16. The Bertz CT molecular complexity index is 483. The second kappa shape index (κ2) is 6.01. The third-order valence-corrected chi connectivity index (χ3v) is 4.93. The number of alkyl halides is 2. The van der Waals surface area contributed by atoms with Crippen molar-refractivity contribution < 1.29 is 9.53 Å². The van der Waals surface area contributed by atoms with Gasteiger partial charge in [-0.05, 0) is 0 Å². The maximum Gasteiger partial charge on any atom is 0.347 e. The van der Waals surface area contributed by atoms with Crippen LogP contribution < -0.4 is 0 Å². The van der Waals surface area contributed by atoms with E-state index in [1.807, 2.05) is 0 Å². The lowest BCUT2D eigenvalue weighted by molar-refractivity contribution is -0.141. The minimum atomic E-state index is -2.15. The highest BCUT2D eigenvalue weighted by Gasteiger charge is 2.43. The van der Waals surface area contributed by atoms with Gasteiger partial charge in [0.15, 0.2) is 0 Å². The summed E-state index contributed by atoms with van der Waals surface area (Å²) in [5.41, 5.74) is -0.180. The minimum absolute atomic E-state index is 0.0638. The zero-order valence-electron chi connectivity index (χ0n) is 8.46. The third kappa shape index (κ3) is 2.76. The SMILES string of the molecule is COC(=O)C(Cl)(Cl)c1c(Cl)c(Cl)c(Cl)c(Cl)c1Cl. The monoisotopic (exact) mass is 388 g/mol. The van der Waals surface area contributed by atoms with Crippen LogP contribution in [0.3, 0.4) is 0 Å². The Hall–Kier alpha value is 0.720. The maximum atomic E-state index is 11.5. The van der Waals surface area contributed by atoms with Crippen LogP contribution in [0.4, 0.5) is 0 Å². The maximum absolute atomic E-state index is 11.5. The number of rotatable bonds is 2. The van der Waals surface area contributed by atoms with Gasteiger partial charge in [-0.1, -0.05) is 81.2 Å². The van der Waals surface area contributed by atoms with Crippen molar-refractivity contribution in [1.82, 2.24) is 0 Å². The molecule has 100 valence electrons. The van der Waals surface area contributed by atoms with Crippen LogP contribution in [0.25, 0.3) is 0 Å². The Morgan fingerprint density at radius 1 is 0.889 bits per heavy atom. The zero-order valence-corrected chi connectivity index (χ0v) is 13.8. The summed E-state index contributed by atoms with van der Waals surface area (Å²) in [7, 11) is 1.10. The van der Waals surface area contributed by atoms with Crippen molar-refractivity contribution in [2.45, 2.75) is 4.33 Å². The van der Waals surface area contributed by atoms with Crippen molar-refractivity contribution >= 4 is 87.2 Å². The van der Waals surface area contributed by atoms with Crippen molar-refractivity contribution in [3.8, 4) is 0 Å². The lowest BCUT2D eigenvalue weighted by Crippen LogP contribution is -2.26. The van der Waals surface area contributed by atoms with E-state index in [1.54, 1.807) is 0 Å². The van der Waals surface area contributed by atoms with E-state index in [2.05, 4.69) is 4.74 Å². The largest absolute Gasteiger partial charge is 0.467 e. The molecule has 18 heavy (non-hydrogen) atoms. The summed E-state index contributed by atoms with van der Waals surface area (Å²) in [6, 6.07) is 0. The predicted molar refractivity (Wildman–Crippen MR) is 76.9 cm³/mol. The molecule has 2 nitrogen and oxygen atoms in total. The van der Waals surface area contributed by atoms with Crippen molar-refractivity contribution in [3.05, 3.63) is 30.7 Å². The second-order valence-electron chi connectivity index (χ2n) is 3.01. The summed E-state index contributed by atoms with van der Waals surface area (Å²) < 4.78 is 2.30. The Labute approximate surface area is 138 Å². The predicted octanol–water partition coefficient (Wildman–Crippen LogP) is 5.76. The fourth-order valence-electron chi connectivity index (χ4n) is 1.11. The zero-order chi connectivity index (χ0) is 14.2. The molecule has 0 aliphatic heterocycles. The van der Waals surface area contributed by atoms with Gasteiger partial charge in [-0.25, -0.2) is 4.79 Å². The molecule has 0 bridgehead atoms. The molecule has 0 aliphatic carbocycles. The van der Waals surface area contributed by atoms with Crippen molar-refractivity contribution in [2.24, 2.45) is 0 Å². The number of carbonyl (C=O) groups excluding carboxylic acids is 1. The van der Waals surface area contributed by atoms with Crippen LogP contribution in [-0.4, -0.2) is 13.1 Å². The van der Waals surface area contributed by atoms with E-state index in [1.165, 1.54) is 0 Å². The lowest BCUT2D eigenvalue weighted by atomic mass is 10.1. The number of hydrogen-bond donors (Lipinski definition) is 0. The Balaban J connectivity index is 3.66. The van der Waals surface area contributed by atoms with E-state index in [-0.39, 0.29) is 30.7 Å². The van der Waals surface area contributed by atoms with Crippen LogP contribution in [-0.2, 0) is 13.9 Å². The molecule has 0 atom stereocenters. The van der Waals surface area contributed by atoms with Gasteiger partial charge >= 0.3 is 5.97 Å². The van der Waals surface area contributed by atoms with Crippen molar-refractivity contribution in [2.75, 3.05) is 7.11 Å². The molecule has 1 aromatic carbocycles. The molecule has 0 spiro atoms. The highest BCUT2D eigenvalue weighted by molar-refractivity contribution is 6.61. The van der Waals surface area contributed by atoms with Crippen molar-refractivity contribution in [1.29, 1.82) is 0 Å². The van der Waals surface area contributed by atoms with Gasteiger partial charge in [-0.3, -0.25) is 0 Å². The number of ether oxygens (including phenoxy) is 1. The highest BCUT2D eigenvalue weighted by atomic mass is 35.5. The number of methoxy groups -OCH3 is 1. The fraction of sp³-hybridized carbons (Fsp3) is 0.222. The van der Waals surface area contributed by atoms with E-state index < -0.39 is 10.3 Å². The molecule has 0 aliphatic rings. The molecule has 0 saturated carbocycles. The molecule has 9 heteroatoms.